The van der Waals surface area contributed by atoms with Crippen molar-refractivity contribution in [3.8, 4) is 0 Å². The highest BCUT2D eigenvalue weighted by Crippen LogP contribution is 2.18. The van der Waals surface area contributed by atoms with Gasteiger partial charge in [-0.1, -0.05) is 18.2 Å². The fourth-order valence-electron chi connectivity index (χ4n) is 3.62. The predicted octanol–water partition coefficient (Wildman–Crippen LogP) is 3.47. The van der Waals surface area contributed by atoms with Crippen molar-refractivity contribution >= 4 is 11.6 Å². The van der Waals surface area contributed by atoms with E-state index in [4.69, 9.17) is 0 Å². The van der Waals surface area contributed by atoms with Crippen molar-refractivity contribution < 1.29 is 9.18 Å². The van der Waals surface area contributed by atoms with Gasteiger partial charge in [-0.2, -0.15) is 0 Å². The molecule has 0 aliphatic carbocycles. The Balaban J connectivity index is 1.25. The standard InChI is InChI=1S/C24H25FN4O/c25-22-7-9-23(10-8-22)29-14-12-28(13-15-29)18-19-3-5-21(6-4-19)24(30)27-17-20-2-1-11-26-16-20/h1-11,16H,12-15,17-18H2,(H,27,30). The number of pyridine rings is 1. The van der Waals surface area contributed by atoms with E-state index in [9.17, 15) is 9.18 Å². The van der Waals surface area contributed by atoms with Gasteiger partial charge in [0.2, 0.25) is 0 Å². The number of carbonyl (C=O) groups excluding carboxylic acids is 1. The van der Waals surface area contributed by atoms with Crippen LogP contribution < -0.4 is 10.2 Å². The van der Waals surface area contributed by atoms with Gasteiger partial charge in [0.25, 0.3) is 5.91 Å². The lowest BCUT2D eigenvalue weighted by atomic mass is 10.1. The van der Waals surface area contributed by atoms with Crippen molar-refractivity contribution in [1.82, 2.24) is 15.2 Å². The number of benzene rings is 2. The number of halogens is 1. The van der Waals surface area contributed by atoms with Crippen LogP contribution in [0.2, 0.25) is 0 Å². The molecule has 0 atom stereocenters. The Morgan fingerprint density at radius 2 is 1.67 bits per heavy atom. The number of rotatable bonds is 6. The summed E-state index contributed by atoms with van der Waals surface area (Å²) in [5, 5.41) is 2.92. The molecule has 1 aliphatic heterocycles. The number of nitrogens with one attached hydrogen (secondary N) is 1. The number of nitrogens with zero attached hydrogens (tertiary/aromatic N) is 3. The number of anilines is 1. The molecule has 0 unspecified atom stereocenters. The monoisotopic (exact) mass is 404 g/mol. The van der Waals surface area contributed by atoms with E-state index in [1.165, 1.54) is 17.7 Å². The van der Waals surface area contributed by atoms with Crippen molar-refractivity contribution in [1.29, 1.82) is 0 Å². The molecule has 1 aromatic heterocycles. The maximum Gasteiger partial charge on any atom is 0.251 e. The van der Waals surface area contributed by atoms with Gasteiger partial charge in [-0.15, -0.1) is 0 Å². The van der Waals surface area contributed by atoms with E-state index in [0.29, 0.717) is 12.1 Å². The number of hydrogen-bond donors (Lipinski definition) is 1. The van der Waals surface area contributed by atoms with E-state index in [-0.39, 0.29) is 11.7 Å². The molecular weight excluding hydrogens is 379 g/mol. The first kappa shape index (κ1) is 20.0. The van der Waals surface area contributed by atoms with Gasteiger partial charge in [-0.05, 0) is 53.6 Å². The Labute approximate surface area is 176 Å². The fraction of sp³-hybridized carbons (Fsp3) is 0.250. The summed E-state index contributed by atoms with van der Waals surface area (Å²) in [5.41, 5.74) is 3.89. The van der Waals surface area contributed by atoms with Crippen LogP contribution in [0.3, 0.4) is 0 Å². The third-order valence-electron chi connectivity index (χ3n) is 5.36. The molecule has 2 aromatic carbocycles. The van der Waals surface area contributed by atoms with E-state index in [1.807, 2.05) is 48.5 Å². The zero-order valence-corrected chi connectivity index (χ0v) is 16.8. The topological polar surface area (TPSA) is 48.5 Å². The maximum atomic E-state index is 13.1. The summed E-state index contributed by atoms with van der Waals surface area (Å²) < 4.78 is 13.1. The zero-order valence-electron chi connectivity index (χ0n) is 16.8. The van der Waals surface area contributed by atoms with E-state index >= 15 is 0 Å². The summed E-state index contributed by atoms with van der Waals surface area (Å²) in [5.74, 6) is -0.287. The first-order chi connectivity index (χ1) is 14.7. The van der Waals surface area contributed by atoms with Crippen LogP contribution in [-0.2, 0) is 13.1 Å². The Kier molecular flexibility index (Phi) is 6.35. The van der Waals surface area contributed by atoms with Crippen LogP contribution >= 0.6 is 0 Å². The number of carbonyl (C=O) groups is 1. The molecule has 1 aliphatic rings. The van der Waals surface area contributed by atoms with Gasteiger partial charge in [-0.25, -0.2) is 4.39 Å². The van der Waals surface area contributed by atoms with Gasteiger partial charge >= 0.3 is 0 Å². The summed E-state index contributed by atoms with van der Waals surface area (Å²) in [6.07, 6.45) is 3.46. The summed E-state index contributed by atoms with van der Waals surface area (Å²) in [6, 6.07) is 18.3. The molecule has 3 aromatic rings. The smallest absolute Gasteiger partial charge is 0.251 e. The lowest BCUT2D eigenvalue weighted by Crippen LogP contribution is -2.45. The van der Waals surface area contributed by atoms with Gasteiger partial charge in [0.05, 0.1) is 0 Å². The highest BCUT2D eigenvalue weighted by molar-refractivity contribution is 5.94. The van der Waals surface area contributed by atoms with Gasteiger partial charge < -0.3 is 10.2 Å². The molecule has 2 heterocycles. The molecule has 0 radical (unpaired) electrons. The normalized spacial score (nSPS) is 14.5. The number of piperazine rings is 1. The van der Waals surface area contributed by atoms with Crippen LogP contribution in [-0.4, -0.2) is 42.0 Å². The lowest BCUT2D eigenvalue weighted by molar-refractivity contribution is 0.0951. The van der Waals surface area contributed by atoms with E-state index in [0.717, 1.165) is 44.0 Å². The third kappa shape index (κ3) is 5.21. The SMILES string of the molecule is O=C(NCc1cccnc1)c1ccc(CN2CCN(c3ccc(F)cc3)CC2)cc1. The van der Waals surface area contributed by atoms with Crippen molar-refractivity contribution in [2.75, 3.05) is 31.1 Å². The van der Waals surface area contributed by atoms with Crippen LogP contribution in [0.4, 0.5) is 10.1 Å². The van der Waals surface area contributed by atoms with E-state index < -0.39 is 0 Å². The Bertz CT molecular complexity index is 953. The molecule has 30 heavy (non-hydrogen) atoms. The number of amides is 1. The first-order valence-corrected chi connectivity index (χ1v) is 10.2. The van der Waals surface area contributed by atoms with Crippen molar-refractivity contribution in [3.63, 3.8) is 0 Å². The van der Waals surface area contributed by atoms with Gasteiger partial charge in [0.15, 0.2) is 0 Å². The fourth-order valence-corrected chi connectivity index (χ4v) is 3.62. The third-order valence-corrected chi connectivity index (χ3v) is 5.36. The van der Waals surface area contributed by atoms with E-state index in [2.05, 4.69) is 20.1 Å². The zero-order chi connectivity index (χ0) is 20.8. The van der Waals surface area contributed by atoms with Crippen LogP contribution in [0.1, 0.15) is 21.5 Å². The highest BCUT2D eigenvalue weighted by atomic mass is 19.1. The number of aromatic nitrogens is 1. The van der Waals surface area contributed by atoms with E-state index in [1.54, 1.807) is 12.4 Å². The Morgan fingerprint density at radius 1 is 0.933 bits per heavy atom. The summed E-state index contributed by atoms with van der Waals surface area (Å²) in [6.45, 7) is 5.05. The second kappa shape index (κ2) is 9.50. The van der Waals surface area contributed by atoms with Crippen LogP contribution in [0, 0.1) is 5.82 Å². The van der Waals surface area contributed by atoms with Crippen molar-refractivity contribution in [2.45, 2.75) is 13.1 Å². The largest absolute Gasteiger partial charge is 0.369 e. The molecule has 5 nitrogen and oxygen atoms in total. The van der Waals surface area contributed by atoms with Crippen molar-refractivity contribution in [3.05, 3.63) is 95.6 Å². The lowest BCUT2D eigenvalue weighted by Gasteiger charge is -2.36. The molecule has 1 saturated heterocycles. The summed E-state index contributed by atoms with van der Waals surface area (Å²) in [7, 11) is 0. The van der Waals surface area contributed by atoms with Gasteiger partial charge in [-0.3, -0.25) is 14.7 Å². The Morgan fingerprint density at radius 3 is 2.33 bits per heavy atom. The molecule has 0 saturated carbocycles. The molecule has 4 rings (SSSR count). The minimum atomic E-state index is -0.202. The minimum Gasteiger partial charge on any atom is -0.369 e. The van der Waals surface area contributed by atoms with Gasteiger partial charge in [0, 0.05) is 62.9 Å². The van der Waals surface area contributed by atoms with Crippen LogP contribution in [0.15, 0.2) is 73.1 Å². The predicted molar refractivity (Wildman–Crippen MR) is 116 cm³/mol. The number of hydrogen-bond acceptors (Lipinski definition) is 4. The molecule has 1 amide bonds. The maximum absolute atomic E-state index is 13.1. The molecular formula is C24H25FN4O. The second-order valence-electron chi connectivity index (χ2n) is 7.48. The minimum absolute atomic E-state index is 0.0849. The highest BCUT2D eigenvalue weighted by Gasteiger charge is 2.17. The molecule has 0 bridgehead atoms. The van der Waals surface area contributed by atoms with Gasteiger partial charge in [0.1, 0.15) is 5.82 Å². The molecule has 6 heteroatoms. The quantitative estimate of drug-likeness (QED) is 0.684. The summed E-state index contributed by atoms with van der Waals surface area (Å²) >= 11 is 0. The van der Waals surface area contributed by atoms with Crippen molar-refractivity contribution in [2.24, 2.45) is 0 Å². The molecule has 0 spiro atoms. The second-order valence-corrected chi connectivity index (χ2v) is 7.48. The van der Waals surface area contributed by atoms with Crippen LogP contribution in [0.5, 0.6) is 0 Å². The van der Waals surface area contributed by atoms with Crippen LogP contribution in [0.25, 0.3) is 0 Å². The average Bonchev–Trinajstić information content (AvgIpc) is 2.80. The molecule has 1 fully saturated rings. The first-order valence-electron chi connectivity index (χ1n) is 10.2. The Hall–Kier alpha value is -3.25. The molecule has 154 valence electrons. The summed E-state index contributed by atoms with van der Waals surface area (Å²) in [4.78, 5) is 21.1. The average molecular weight is 404 g/mol. The molecule has 1 N–H and O–H groups in total.